The minimum atomic E-state index is -0.317. The molecule has 5 heteroatoms. The summed E-state index contributed by atoms with van der Waals surface area (Å²) in [5.74, 6) is -0.272. The van der Waals surface area contributed by atoms with Gasteiger partial charge in [0.1, 0.15) is 0 Å². The van der Waals surface area contributed by atoms with Gasteiger partial charge in [-0.05, 0) is 12.8 Å². The van der Waals surface area contributed by atoms with Crippen molar-refractivity contribution in [2.75, 3.05) is 26.8 Å². The van der Waals surface area contributed by atoms with Gasteiger partial charge in [-0.25, -0.2) is 0 Å². The van der Waals surface area contributed by atoms with Crippen LogP contribution in [0, 0.1) is 0 Å². The first-order valence-electron chi connectivity index (χ1n) is 6.11. The minimum Gasteiger partial charge on any atom is -0.469 e. The molecule has 0 unspecified atom stereocenters. The van der Waals surface area contributed by atoms with E-state index in [0.29, 0.717) is 25.9 Å². The maximum Gasteiger partial charge on any atom is 0.307 e. The average molecular weight is 245 g/mol. The monoisotopic (exact) mass is 245 g/mol. The number of rotatable bonds is 9. The quantitative estimate of drug-likeness (QED) is 0.614. The molecule has 0 saturated carbocycles. The van der Waals surface area contributed by atoms with E-state index in [4.69, 9.17) is 5.11 Å². The number of carbonyl (C=O) groups excluding carboxylic acids is 2. The highest BCUT2D eigenvalue weighted by Gasteiger charge is 2.14. The van der Waals surface area contributed by atoms with Crippen molar-refractivity contribution >= 4 is 11.9 Å². The lowest BCUT2D eigenvalue weighted by atomic mass is 10.2. The minimum absolute atomic E-state index is 0.0456. The molecule has 0 aliphatic rings. The molecule has 0 saturated heterocycles. The van der Waals surface area contributed by atoms with Gasteiger partial charge >= 0.3 is 5.97 Å². The molecule has 0 aliphatic heterocycles. The average Bonchev–Trinajstić information content (AvgIpc) is 2.35. The zero-order chi connectivity index (χ0) is 13.1. The molecule has 0 aromatic heterocycles. The predicted octanol–water partition coefficient (Wildman–Crippen LogP) is 0.951. The van der Waals surface area contributed by atoms with Crippen LogP contribution in [0.1, 0.15) is 39.0 Å². The number of methoxy groups -OCH3 is 1. The largest absolute Gasteiger partial charge is 0.469 e. The summed E-state index contributed by atoms with van der Waals surface area (Å²) in [6.07, 6.45) is 3.07. The van der Waals surface area contributed by atoms with Gasteiger partial charge in [0, 0.05) is 26.1 Å². The van der Waals surface area contributed by atoms with Gasteiger partial charge in [0.15, 0.2) is 0 Å². The van der Waals surface area contributed by atoms with Crippen LogP contribution >= 0.6 is 0 Å². The second kappa shape index (κ2) is 10.1. The molecule has 1 amide bonds. The molecule has 17 heavy (non-hydrogen) atoms. The van der Waals surface area contributed by atoms with E-state index in [-0.39, 0.29) is 24.9 Å². The van der Waals surface area contributed by atoms with Crippen molar-refractivity contribution in [3.63, 3.8) is 0 Å². The van der Waals surface area contributed by atoms with Crippen molar-refractivity contribution in [1.82, 2.24) is 4.90 Å². The maximum atomic E-state index is 11.8. The first-order valence-corrected chi connectivity index (χ1v) is 6.11. The number of esters is 1. The Labute approximate surface area is 103 Å². The fourth-order valence-electron chi connectivity index (χ4n) is 1.44. The van der Waals surface area contributed by atoms with Gasteiger partial charge in [-0.3, -0.25) is 9.59 Å². The third-order valence-electron chi connectivity index (χ3n) is 2.50. The van der Waals surface area contributed by atoms with Crippen molar-refractivity contribution in [2.45, 2.75) is 39.0 Å². The van der Waals surface area contributed by atoms with E-state index in [1.807, 2.05) is 6.92 Å². The normalized spacial score (nSPS) is 10.1. The molecule has 0 heterocycles. The summed E-state index contributed by atoms with van der Waals surface area (Å²) < 4.78 is 4.54. The van der Waals surface area contributed by atoms with E-state index in [2.05, 4.69) is 4.74 Å². The molecule has 0 fully saturated rings. The van der Waals surface area contributed by atoms with Crippen molar-refractivity contribution in [3.05, 3.63) is 0 Å². The van der Waals surface area contributed by atoms with Gasteiger partial charge in [-0.1, -0.05) is 13.3 Å². The van der Waals surface area contributed by atoms with Crippen molar-refractivity contribution in [3.8, 4) is 0 Å². The highest BCUT2D eigenvalue weighted by atomic mass is 16.5. The maximum absolute atomic E-state index is 11.8. The fourth-order valence-corrected chi connectivity index (χ4v) is 1.44. The van der Waals surface area contributed by atoms with Crippen LogP contribution in [0.5, 0.6) is 0 Å². The molecule has 100 valence electrons. The molecule has 5 nitrogen and oxygen atoms in total. The Morgan fingerprint density at radius 2 is 1.88 bits per heavy atom. The Morgan fingerprint density at radius 1 is 1.18 bits per heavy atom. The third-order valence-corrected chi connectivity index (χ3v) is 2.50. The SMILES string of the molecule is CCCCC(=O)N(CCCO)CCC(=O)OC. The number of amides is 1. The van der Waals surface area contributed by atoms with Crippen molar-refractivity contribution < 1.29 is 19.4 Å². The number of nitrogens with zero attached hydrogens (tertiary/aromatic N) is 1. The van der Waals surface area contributed by atoms with E-state index < -0.39 is 0 Å². The molecular formula is C12H23NO4. The highest BCUT2D eigenvalue weighted by molar-refractivity contribution is 5.77. The molecule has 0 rings (SSSR count). The molecule has 0 aliphatic carbocycles. The summed E-state index contributed by atoms with van der Waals surface area (Å²) in [6.45, 7) is 2.95. The van der Waals surface area contributed by atoms with Gasteiger partial charge in [-0.15, -0.1) is 0 Å². The van der Waals surface area contributed by atoms with Crippen LogP contribution in [-0.2, 0) is 14.3 Å². The van der Waals surface area contributed by atoms with Crippen LogP contribution in [0.15, 0.2) is 0 Å². The van der Waals surface area contributed by atoms with Crippen LogP contribution in [0.25, 0.3) is 0 Å². The number of aliphatic hydroxyl groups is 1. The van der Waals surface area contributed by atoms with Crippen LogP contribution in [0.3, 0.4) is 0 Å². The zero-order valence-corrected chi connectivity index (χ0v) is 10.8. The number of aliphatic hydroxyl groups excluding tert-OH is 1. The van der Waals surface area contributed by atoms with Crippen LogP contribution in [0.2, 0.25) is 0 Å². The number of carbonyl (C=O) groups is 2. The summed E-state index contributed by atoms with van der Waals surface area (Å²) in [4.78, 5) is 24.4. The summed E-state index contributed by atoms with van der Waals surface area (Å²) in [5, 5.41) is 8.77. The Morgan fingerprint density at radius 3 is 2.41 bits per heavy atom. The number of hydrogen-bond donors (Lipinski definition) is 1. The van der Waals surface area contributed by atoms with Gasteiger partial charge in [-0.2, -0.15) is 0 Å². The lowest BCUT2D eigenvalue weighted by molar-refractivity contribution is -0.141. The molecule has 0 spiro atoms. The molecule has 1 N–H and O–H groups in total. The Kier molecular flexibility index (Phi) is 9.43. The Hall–Kier alpha value is -1.10. The molecule has 0 atom stereocenters. The number of unbranched alkanes of at least 4 members (excludes halogenated alkanes) is 1. The van der Waals surface area contributed by atoms with E-state index in [0.717, 1.165) is 12.8 Å². The smallest absolute Gasteiger partial charge is 0.307 e. The number of hydrogen-bond acceptors (Lipinski definition) is 4. The molecule has 0 aromatic rings. The van der Waals surface area contributed by atoms with Crippen LogP contribution in [0.4, 0.5) is 0 Å². The Balaban J connectivity index is 4.11. The fraction of sp³-hybridized carbons (Fsp3) is 0.833. The van der Waals surface area contributed by atoms with Gasteiger partial charge in [0.25, 0.3) is 0 Å². The highest BCUT2D eigenvalue weighted by Crippen LogP contribution is 2.03. The third kappa shape index (κ3) is 7.74. The van der Waals surface area contributed by atoms with E-state index >= 15 is 0 Å². The van der Waals surface area contributed by atoms with Gasteiger partial charge < -0.3 is 14.7 Å². The van der Waals surface area contributed by atoms with E-state index in [1.165, 1.54) is 7.11 Å². The lowest BCUT2D eigenvalue weighted by Gasteiger charge is -2.21. The molecule has 0 bridgehead atoms. The van der Waals surface area contributed by atoms with E-state index in [9.17, 15) is 9.59 Å². The van der Waals surface area contributed by atoms with Crippen molar-refractivity contribution in [1.29, 1.82) is 0 Å². The second-order valence-electron chi connectivity index (χ2n) is 3.89. The zero-order valence-electron chi connectivity index (χ0n) is 10.8. The van der Waals surface area contributed by atoms with Gasteiger partial charge in [0.2, 0.25) is 5.91 Å². The van der Waals surface area contributed by atoms with E-state index in [1.54, 1.807) is 4.90 Å². The van der Waals surface area contributed by atoms with Gasteiger partial charge in [0.05, 0.1) is 13.5 Å². The molecule has 0 aromatic carbocycles. The predicted molar refractivity (Wildman–Crippen MR) is 64.4 cm³/mol. The van der Waals surface area contributed by atoms with Crippen LogP contribution < -0.4 is 0 Å². The number of ether oxygens (including phenoxy) is 1. The lowest BCUT2D eigenvalue weighted by Crippen LogP contribution is -2.34. The topological polar surface area (TPSA) is 66.8 Å². The summed E-state index contributed by atoms with van der Waals surface area (Å²) >= 11 is 0. The first-order chi connectivity index (χ1) is 8.15. The van der Waals surface area contributed by atoms with Crippen LogP contribution in [-0.4, -0.2) is 48.7 Å². The molecule has 0 radical (unpaired) electrons. The molecular weight excluding hydrogens is 222 g/mol. The summed E-state index contributed by atoms with van der Waals surface area (Å²) in [5.41, 5.74) is 0. The van der Waals surface area contributed by atoms with Crippen molar-refractivity contribution in [2.24, 2.45) is 0 Å². The Bertz CT molecular complexity index is 231. The summed E-state index contributed by atoms with van der Waals surface area (Å²) in [6, 6.07) is 0. The first kappa shape index (κ1) is 15.9. The summed E-state index contributed by atoms with van der Waals surface area (Å²) in [7, 11) is 1.33. The second-order valence-corrected chi connectivity index (χ2v) is 3.89. The standard InChI is InChI=1S/C12H23NO4/c1-3-4-6-11(15)13(8-5-10-14)9-7-12(16)17-2/h14H,3-10H2,1-2H3.